The van der Waals surface area contributed by atoms with Gasteiger partial charge in [0.2, 0.25) is 53.2 Å². The third kappa shape index (κ3) is 19.7. The fraction of sp³-hybridized carbons (Fsp3) is 0.440. The van der Waals surface area contributed by atoms with Gasteiger partial charge >= 0.3 is 0 Å². The number of primary amides is 1. The highest BCUT2D eigenvalue weighted by Crippen LogP contribution is 2.20. The lowest BCUT2D eigenvalue weighted by Gasteiger charge is -2.28. The number of amides is 9. The molecule has 1 fully saturated rings. The predicted molar refractivity (Wildman–Crippen MR) is 297 cm³/mol. The van der Waals surface area contributed by atoms with Crippen LogP contribution in [0.2, 0.25) is 0 Å². The summed E-state index contributed by atoms with van der Waals surface area (Å²) in [4.78, 5) is 144. The maximum Gasteiger partial charge on any atom is 0.243 e. The van der Waals surface area contributed by atoms with Crippen molar-refractivity contribution in [3.05, 3.63) is 87.6 Å². The summed E-state index contributed by atoms with van der Waals surface area (Å²) in [5.74, 6) is -7.35. The minimum Gasteiger partial charge on any atom is -0.370 e. The van der Waals surface area contributed by atoms with E-state index in [9.17, 15) is 43.2 Å². The first kappa shape index (κ1) is 60.6. The number of carbonyl (C=O) groups is 9. The van der Waals surface area contributed by atoms with E-state index in [0.29, 0.717) is 16.8 Å². The number of hydrogen-bond acceptors (Lipinski definition) is 12. The highest BCUT2D eigenvalue weighted by molar-refractivity contribution is 14.1. The summed E-state index contributed by atoms with van der Waals surface area (Å²) < 4.78 is 0.740. The number of hydrogen-bond donors (Lipinski definition) is 15. The molecule has 7 atom stereocenters. The van der Waals surface area contributed by atoms with Gasteiger partial charge in [0.1, 0.15) is 42.3 Å². The topological polar surface area (TPSA) is 449 Å². The third-order valence-corrected chi connectivity index (χ3v) is 13.6. The quantitative estimate of drug-likeness (QED) is 0.0208. The van der Waals surface area contributed by atoms with Gasteiger partial charge in [-0.15, -0.1) is 0 Å². The Morgan fingerprint density at radius 1 is 0.718 bits per heavy atom. The molecular weight excluding hydrogens is 1120 g/mol. The monoisotopic (exact) mass is 1190 g/mol. The number of carbonyl (C=O) groups excluding carboxylic acids is 9. The molecule has 0 saturated carbocycles. The molecular formula is C50H69IN18O9. The van der Waals surface area contributed by atoms with Crippen molar-refractivity contribution < 1.29 is 43.2 Å². The molecule has 0 aliphatic carbocycles. The number of nitrogens with zero attached hydrogens (tertiary/aromatic N) is 3. The van der Waals surface area contributed by atoms with E-state index >= 15 is 0 Å². The van der Waals surface area contributed by atoms with Crippen LogP contribution in [0.1, 0.15) is 75.1 Å². The molecule has 3 heterocycles. The second kappa shape index (κ2) is 30.4. The molecule has 28 heteroatoms. The Labute approximate surface area is 463 Å². The van der Waals surface area contributed by atoms with E-state index < -0.39 is 95.5 Å². The van der Waals surface area contributed by atoms with Crippen LogP contribution in [-0.2, 0) is 62.4 Å². The number of aromatic amines is 2. The summed E-state index contributed by atoms with van der Waals surface area (Å²) in [5, 5.41) is 22.4. The highest BCUT2D eigenvalue weighted by Gasteiger charge is 2.35. The molecule has 1 saturated heterocycles. The van der Waals surface area contributed by atoms with Gasteiger partial charge in [0.05, 0.1) is 6.33 Å². The molecule has 5 rings (SSSR count). The number of guanidine groups is 2. The van der Waals surface area contributed by atoms with Crippen molar-refractivity contribution in [3.8, 4) is 0 Å². The summed E-state index contributed by atoms with van der Waals surface area (Å²) in [5.41, 5.74) is 30.3. The van der Waals surface area contributed by atoms with Gasteiger partial charge in [-0.25, -0.2) is 4.98 Å². The van der Waals surface area contributed by atoms with Gasteiger partial charge in [0.25, 0.3) is 0 Å². The van der Waals surface area contributed by atoms with Crippen LogP contribution in [0.5, 0.6) is 0 Å². The second-order valence-electron chi connectivity index (χ2n) is 18.6. The van der Waals surface area contributed by atoms with Crippen molar-refractivity contribution >= 4 is 98.6 Å². The van der Waals surface area contributed by atoms with Crippen LogP contribution in [0.25, 0.3) is 10.9 Å². The lowest BCUT2D eigenvalue weighted by Crippen LogP contribution is -2.60. The summed E-state index contributed by atoms with van der Waals surface area (Å²) >= 11 is 2.09. The lowest BCUT2D eigenvalue weighted by atomic mass is 10.0. The highest BCUT2D eigenvalue weighted by atomic mass is 127. The molecule has 9 amide bonds. The third-order valence-electron chi connectivity index (χ3n) is 12.5. The Kier molecular flexibility index (Phi) is 23.6. The SMILES string of the molecule is CC(=O)N[C@@H](CCCN=C(N)N)C(=O)N[C@H]1CCCNC(=O)CC[C@@H](C(N)=O)NC(=O)[C@H](Cc2c[nH]c3ccccc23)NC(=O)[C@H](CCCN=C(N)N)NC(=O)[C@@H](Cc2ccccc2I)NC(=O)[C@H](Cc2cnc[nH]2)NC1=O. The maximum absolute atomic E-state index is 14.8. The van der Waals surface area contributed by atoms with E-state index in [1.54, 1.807) is 36.5 Å². The van der Waals surface area contributed by atoms with Crippen molar-refractivity contribution in [1.29, 1.82) is 0 Å². The zero-order chi connectivity index (χ0) is 56.7. The van der Waals surface area contributed by atoms with E-state index in [4.69, 9.17) is 28.7 Å². The average molecular weight is 1190 g/mol. The molecule has 27 nitrogen and oxygen atoms in total. The predicted octanol–water partition coefficient (Wildman–Crippen LogP) is -2.78. The first-order chi connectivity index (χ1) is 37.3. The van der Waals surface area contributed by atoms with Crippen molar-refractivity contribution in [3.63, 3.8) is 0 Å². The average Bonchev–Trinajstić information content (AvgIpc) is 4.07. The van der Waals surface area contributed by atoms with Crippen molar-refractivity contribution in [2.45, 2.75) is 120 Å². The Morgan fingerprint density at radius 3 is 1.97 bits per heavy atom. The zero-order valence-electron chi connectivity index (χ0n) is 43.1. The van der Waals surface area contributed by atoms with Gasteiger partial charge in [-0.2, -0.15) is 0 Å². The van der Waals surface area contributed by atoms with Crippen LogP contribution >= 0.6 is 22.6 Å². The zero-order valence-corrected chi connectivity index (χ0v) is 45.2. The molecule has 20 N–H and O–H groups in total. The van der Waals surface area contributed by atoms with Crippen LogP contribution < -0.4 is 71.2 Å². The number of rotatable bonds is 18. The summed E-state index contributed by atoms with van der Waals surface area (Å²) in [6, 6.07) is 4.83. The molecule has 2 aromatic carbocycles. The number of nitrogens with one attached hydrogen (secondary N) is 10. The Morgan fingerprint density at radius 2 is 1.32 bits per heavy atom. The van der Waals surface area contributed by atoms with Gasteiger partial charge in [-0.3, -0.25) is 53.1 Å². The van der Waals surface area contributed by atoms with Gasteiger partial charge in [0.15, 0.2) is 11.9 Å². The Bertz CT molecular complexity index is 2800. The number of fused-ring (bicyclic) bond motifs is 1. The number of H-pyrrole nitrogens is 2. The maximum atomic E-state index is 14.8. The number of nitrogens with two attached hydrogens (primary N) is 5. The first-order valence-electron chi connectivity index (χ1n) is 25.3. The van der Waals surface area contributed by atoms with Crippen LogP contribution in [-0.4, -0.2) is 142 Å². The Hall–Kier alpha value is -8.31. The number of benzene rings is 2. The number of imidazole rings is 1. The van der Waals surface area contributed by atoms with E-state index in [0.717, 1.165) is 14.5 Å². The molecule has 0 bridgehead atoms. The minimum absolute atomic E-state index is 0.0429. The molecule has 4 aromatic rings. The second-order valence-corrected chi connectivity index (χ2v) is 19.8. The van der Waals surface area contributed by atoms with Crippen LogP contribution in [0, 0.1) is 3.57 Å². The molecule has 1 aliphatic heterocycles. The first-order valence-corrected chi connectivity index (χ1v) is 26.4. The molecule has 0 radical (unpaired) electrons. The summed E-state index contributed by atoms with van der Waals surface area (Å²) in [6.07, 6.45) is 3.89. The van der Waals surface area contributed by atoms with Gasteiger partial charge in [-0.1, -0.05) is 36.4 Å². The van der Waals surface area contributed by atoms with E-state index in [-0.39, 0.29) is 102 Å². The normalized spacial score (nSPS) is 20.7. The molecule has 2 aromatic heterocycles. The number of para-hydroxylation sites is 1. The number of halogens is 1. The summed E-state index contributed by atoms with van der Waals surface area (Å²) in [7, 11) is 0. The minimum atomic E-state index is -1.44. The van der Waals surface area contributed by atoms with Gasteiger partial charge in [-0.05, 0) is 90.8 Å². The number of aromatic nitrogens is 3. The summed E-state index contributed by atoms with van der Waals surface area (Å²) in [6.45, 7) is 1.35. The Balaban J connectivity index is 1.56. The molecule has 0 unspecified atom stereocenters. The fourth-order valence-corrected chi connectivity index (χ4v) is 9.13. The molecule has 0 spiro atoms. The van der Waals surface area contributed by atoms with Crippen LogP contribution in [0.4, 0.5) is 0 Å². The van der Waals surface area contributed by atoms with Crippen LogP contribution in [0.3, 0.4) is 0 Å². The molecule has 1 aliphatic rings. The van der Waals surface area contributed by atoms with Crippen molar-refractivity contribution in [2.75, 3.05) is 19.6 Å². The molecule has 78 heavy (non-hydrogen) atoms. The lowest BCUT2D eigenvalue weighted by molar-refractivity contribution is -0.135. The number of aliphatic imine (C=N–C) groups is 2. The van der Waals surface area contributed by atoms with Gasteiger partial charge < -0.3 is 81.2 Å². The standard InChI is InChI=1S/C50H69IN18O9/c1-27(70)63-35(13-7-19-59-49(53)54)43(73)65-36-14-6-18-58-41(71)17-16-34(42(52)72)64-46(76)39(22-29-24-61-33-12-5-3-10-31(29)33)67-44(74)37(15-8-20-60-50(55)56)66-47(77)38(21-28-9-2-4-11-32(28)51)68-48(78)40(69-45(36)75)23-30-25-57-26-62-30/h2-5,9-12,24-26,34-40,61H,6-8,13-23H2,1H3,(H2,52,72)(H,57,62)(H,58,71)(H,63,70)(H,64,76)(H,65,73)(H,66,77)(H,67,74)(H,68,78)(H,69,75)(H4,53,54,59)(H4,55,56,60)/t34-,35-,36-,37-,38+,39-,40-/m0/s1. The van der Waals surface area contributed by atoms with E-state index in [2.05, 4.69) is 90.1 Å². The van der Waals surface area contributed by atoms with Gasteiger partial charge in [0, 0.05) is 84.8 Å². The van der Waals surface area contributed by atoms with E-state index in [1.165, 1.54) is 19.4 Å². The smallest absolute Gasteiger partial charge is 0.243 e. The van der Waals surface area contributed by atoms with Crippen molar-refractivity contribution in [2.24, 2.45) is 38.7 Å². The van der Waals surface area contributed by atoms with E-state index in [1.807, 2.05) is 18.2 Å². The fourth-order valence-electron chi connectivity index (χ4n) is 8.52. The largest absolute Gasteiger partial charge is 0.370 e. The molecule has 420 valence electrons. The van der Waals surface area contributed by atoms with Crippen molar-refractivity contribution in [1.82, 2.24) is 57.5 Å². The van der Waals surface area contributed by atoms with Crippen LogP contribution in [0.15, 0.2) is 77.2 Å².